The molecule has 7 heteroatoms. The Morgan fingerprint density at radius 3 is 2.90 bits per heavy atom. The van der Waals surface area contributed by atoms with E-state index in [0.29, 0.717) is 5.16 Å². The quantitative estimate of drug-likeness (QED) is 0.796. The third-order valence-electron chi connectivity index (χ3n) is 2.75. The van der Waals surface area contributed by atoms with E-state index in [9.17, 15) is 4.79 Å². The number of carboxylic acids is 1. The average molecular weight is 311 g/mol. The summed E-state index contributed by atoms with van der Waals surface area (Å²) in [4.78, 5) is 12.0. The topological polar surface area (TPSA) is 68.0 Å². The summed E-state index contributed by atoms with van der Waals surface area (Å²) < 4.78 is 2.04. The molecule has 0 aliphatic rings. The molecular weight excluding hydrogens is 294 g/mol. The first-order valence-corrected chi connectivity index (χ1v) is 8.24. The minimum Gasteiger partial charge on any atom is -0.481 e. The molecule has 108 valence electrons. The van der Waals surface area contributed by atoms with E-state index in [-0.39, 0.29) is 11.7 Å². The Hall–Kier alpha value is -1.34. The van der Waals surface area contributed by atoms with Gasteiger partial charge < -0.3 is 9.67 Å². The number of thiophene rings is 1. The summed E-state index contributed by atoms with van der Waals surface area (Å²) >= 11 is 2.95. The fourth-order valence-corrected chi connectivity index (χ4v) is 3.24. The van der Waals surface area contributed by atoms with Gasteiger partial charge in [-0.15, -0.1) is 21.5 Å². The van der Waals surface area contributed by atoms with E-state index in [0.717, 1.165) is 18.8 Å². The second-order valence-corrected chi connectivity index (χ2v) is 6.63. The van der Waals surface area contributed by atoms with Crippen LogP contribution >= 0.6 is 23.1 Å². The van der Waals surface area contributed by atoms with Crippen molar-refractivity contribution >= 4 is 29.1 Å². The van der Waals surface area contributed by atoms with Crippen molar-refractivity contribution in [3.8, 4) is 0 Å². The van der Waals surface area contributed by atoms with Gasteiger partial charge in [0.1, 0.15) is 5.82 Å². The van der Waals surface area contributed by atoms with Gasteiger partial charge in [0.2, 0.25) is 0 Å². The smallest absolute Gasteiger partial charge is 0.313 e. The predicted molar refractivity (Wildman–Crippen MR) is 80.5 cm³/mol. The maximum absolute atomic E-state index is 10.7. The minimum atomic E-state index is -0.839. The summed E-state index contributed by atoms with van der Waals surface area (Å²) in [5, 5.41) is 19.9. The second kappa shape index (κ2) is 6.90. The summed E-state index contributed by atoms with van der Waals surface area (Å²) in [5.74, 6) is 0.350. The Morgan fingerprint density at radius 1 is 1.50 bits per heavy atom. The van der Waals surface area contributed by atoms with Crippen LogP contribution in [0.5, 0.6) is 0 Å². The van der Waals surface area contributed by atoms with Crippen molar-refractivity contribution in [3.63, 3.8) is 0 Å². The molecule has 0 bridgehead atoms. The molecule has 0 amide bonds. The van der Waals surface area contributed by atoms with Crippen LogP contribution in [0.4, 0.5) is 0 Å². The lowest BCUT2D eigenvalue weighted by Gasteiger charge is -2.11. The molecule has 0 unspecified atom stereocenters. The number of carbonyl (C=O) groups is 1. The lowest BCUT2D eigenvalue weighted by Crippen LogP contribution is -2.09. The van der Waals surface area contributed by atoms with Gasteiger partial charge in [-0.1, -0.05) is 31.7 Å². The number of aromatic nitrogens is 3. The van der Waals surface area contributed by atoms with Crippen LogP contribution in [0.2, 0.25) is 0 Å². The third-order valence-corrected chi connectivity index (χ3v) is 4.64. The molecule has 0 aliphatic carbocycles. The minimum absolute atomic E-state index is 0.00916. The van der Waals surface area contributed by atoms with Gasteiger partial charge in [-0.3, -0.25) is 4.79 Å². The Kier molecular flexibility index (Phi) is 5.19. The van der Waals surface area contributed by atoms with Crippen LogP contribution in [-0.4, -0.2) is 31.6 Å². The summed E-state index contributed by atoms with van der Waals surface area (Å²) in [6, 6.07) is 4.14. The maximum Gasteiger partial charge on any atom is 0.313 e. The Labute approximate surface area is 126 Å². The third kappa shape index (κ3) is 3.83. The SMILES string of the molecule is CC(C)c1nnc(SCC(=O)O)n1CCc1cccs1. The van der Waals surface area contributed by atoms with E-state index in [1.807, 2.05) is 10.6 Å². The number of carboxylic acid groups (broad SMARTS) is 1. The highest BCUT2D eigenvalue weighted by Crippen LogP contribution is 2.22. The van der Waals surface area contributed by atoms with Crippen molar-refractivity contribution in [1.29, 1.82) is 0 Å². The number of rotatable bonds is 7. The molecule has 0 aromatic carbocycles. The van der Waals surface area contributed by atoms with Gasteiger partial charge >= 0.3 is 5.97 Å². The van der Waals surface area contributed by atoms with Gasteiger partial charge in [-0.05, 0) is 17.9 Å². The van der Waals surface area contributed by atoms with Crippen LogP contribution in [-0.2, 0) is 17.8 Å². The zero-order valence-corrected chi connectivity index (χ0v) is 13.1. The van der Waals surface area contributed by atoms with Crippen LogP contribution in [0, 0.1) is 0 Å². The fourth-order valence-electron chi connectivity index (χ4n) is 1.85. The number of hydrogen-bond acceptors (Lipinski definition) is 5. The van der Waals surface area contributed by atoms with Gasteiger partial charge in [-0.25, -0.2) is 0 Å². The van der Waals surface area contributed by atoms with Crippen molar-refractivity contribution in [2.24, 2.45) is 0 Å². The Balaban J connectivity index is 2.13. The average Bonchev–Trinajstić information content (AvgIpc) is 3.03. The monoisotopic (exact) mass is 311 g/mol. The molecule has 0 saturated heterocycles. The predicted octanol–water partition coefficient (Wildman–Crippen LogP) is 2.88. The zero-order valence-electron chi connectivity index (χ0n) is 11.4. The van der Waals surface area contributed by atoms with E-state index in [2.05, 4.69) is 35.5 Å². The molecule has 2 aromatic heterocycles. The van der Waals surface area contributed by atoms with Gasteiger partial charge in [0.25, 0.3) is 0 Å². The van der Waals surface area contributed by atoms with E-state index >= 15 is 0 Å². The fraction of sp³-hybridized carbons (Fsp3) is 0.462. The highest BCUT2D eigenvalue weighted by molar-refractivity contribution is 7.99. The Morgan fingerprint density at radius 2 is 2.30 bits per heavy atom. The first-order chi connectivity index (χ1) is 9.58. The van der Waals surface area contributed by atoms with Crippen molar-refractivity contribution in [1.82, 2.24) is 14.8 Å². The molecule has 0 atom stereocenters. The van der Waals surface area contributed by atoms with E-state index in [1.165, 1.54) is 16.6 Å². The summed E-state index contributed by atoms with van der Waals surface area (Å²) in [6.07, 6.45) is 0.913. The van der Waals surface area contributed by atoms with Crippen molar-refractivity contribution in [2.75, 3.05) is 5.75 Å². The molecule has 0 spiro atoms. The molecule has 2 heterocycles. The molecule has 2 aromatic rings. The van der Waals surface area contributed by atoms with Gasteiger partial charge in [-0.2, -0.15) is 0 Å². The highest BCUT2D eigenvalue weighted by Gasteiger charge is 2.16. The zero-order chi connectivity index (χ0) is 14.5. The van der Waals surface area contributed by atoms with Crippen LogP contribution in [0.3, 0.4) is 0 Å². The van der Waals surface area contributed by atoms with E-state index in [1.54, 1.807) is 11.3 Å². The lowest BCUT2D eigenvalue weighted by molar-refractivity contribution is -0.133. The molecule has 0 aliphatic heterocycles. The summed E-state index contributed by atoms with van der Waals surface area (Å²) in [5.41, 5.74) is 0. The molecule has 20 heavy (non-hydrogen) atoms. The molecule has 2 rings (SSSR count). The standard InChI is InChI=1S/C13H17N3O2S2/c1-9(2)12-14-15-13(20-8-11(17)18)16(12)6-5-10-4-3-7-19-10/h3-4,7,9H,5-6,8H2,1-2H3,(H,17,18). The first-order valence-electron chi connectivity index (χ1n) is 6.38. The number of thioether (sulfide) groups is 1. The van der Waals surface area contributed by atoms with Crippen LogP contribution in [0.15, 0.2) is 22.7 Å². The number of hydrogen-bond donors (Lipinski definition) is 1. The van der Waals surface area contributed by atoms with Crippen molar-refractivity contribution in [2.45, 2.75) is 37.9 Å². The largest absolute Gasteiger partial charge is 0.481 e. The molecule has 0 fully saturated rings. The van der Waals surface area contributed by atoms with Gasteiger partial charge in [0.05, 0.1) is 5.75 Å². The number of aliphatic carboxylic acids is 1. The number of aryl methyl sites for hydroxylation is 1. The van der Waals surface area contributed by atoms with E-state index in [4.69, 9.17) is 5.11 Å². The van der Waals surface area contributed by atoms with Crippen LogP contribution in [0.25, 0.3) is 0 Å². The molecule has 0 radical (unpaired) electrons. The molecule has 0 saturated carbocycles. The van der Waals surface area contributed by atoms with Gasteiger partial charge in [0, 0.05) is 17.3 Å². The second-order valence-electron chi connectivity index (χ2n) is 4.66. The van der Waals surface area contributed by atoms with Crippen LogP contribution in [0.1, 0.15) is 30.5 Å². The molecular formula is C13H17N3O2S2. The molecule has 1 N–H and O–H groups in total. The summed E-state index contributed by atoms with van der Waals surface area (Å²) in [6.45, 7) is 4.91. The van der Waals surface area contributed by atoms with Crippen LogP contribution < -0.4 is 0 Å². The van der Waals surface area contributed by atoms with Gasteiger partial charge in [0.15, 0.2) is 5.16 Å². The normalized spacial score (nSPS) is 11.2. The maximum atomic E-state index is 10.7. The van der Waals surface area contributed by atoms with Crippen molar-refractivity contribution < 1.29 is 9.90 Å². The highest BCUT2D eigenvalue weighted by atomic mass is 32.2. The molecule has 5 nitrogen and oxygen atoms in total. The summed E-state index contributed by atoms with van der Waals surface area (Å²) in [7, 11) is 0. The first kappa shape index (κ1) is 15.1. The number of nitrogens with zero attached hydrogens (tertiary/aromatic N) is 3. The van der Waals surface area contributed by atoms with Crippen molar-refractivity contribution in [3.05, 3.63) is 28.2 Å². The van der Waals surface area contributed by atoms with E-state index < -0.39 is 5.97 Å². The lowest BCUT2D eigenvalue weighted by atomic mass is 10.2. The Bertz CT molecular complexity index is 564.